The van der Waals surface area contributed by atoms with Crippen LogP contribution in [0.2, 0.25) is 5.02 Å². The Balaban J connectivity index is 2.51. The lowest BCUT2D eigenvalue weighted by molar-refractivity contribution is 0.628. The molecular formula is C10H8ClFN2. The van der Waals surface area contributed by atoms with Gasteiger partial charge in [-0.25, -0.2) is 4.39 Å². The molecule has 1 heterocycles. The molecule has 0 unspecified atom stereocenters. The van der Waals surface area contributed by atoms with Crippen LogP contribution in [0.25, 0.3) is 11.3 Å². The Hall–Kier alpha value is -1.35. The first kappa shape index (κ1) is 9.21. The summed E-state index contributed by atoms with van der Waals surface area (Å²) in [6.45, 7) is 1.89. The molecule has 0 amide bonds. The van der Waals surface area contributed by atoms with Crippen molar-refractivity contribution in [2.75, 3.05) is 0 Å². The van der Waals surface area contributed by atoms with E-state index < -0.39 is 0 Å². The summed E-state index contributed by atoms with van der Waals surface area (Å²) in [4.78, 5) is 0. The molecule has 0 aliphatic rings. The van der Waals surface area contributed by atoms with Gasteiger partial charge in [-0.05, 0) is 31.2 Å². The van der Waals surface area contributed by atoms with Crippen molar-refractivity contribution in [3.05, 3.63) is 40.8 Å². The molecule has 1 aromatic carbocycles. The summed E-state index contributed by atoms with van der Waals surface area (Å²) in [5, 5.41) is 7.18. The van der Waals surface area contributed by atoms with Crippen LogP contribution in [0.1, 0.15) is 5.69 Å². The van der Waals surface area contributed by atoms with Crippen LogP contribution in [0.15, 0.2) is 24.3 Å². The maximum Gasteiger partial charge on any atom is 0.125 e. The normalized spacial score (nSPS) is 10.5. The van der Waals surface area contributed by atoms with Crippen molar-refractivity contribution in [2.24, 2.45) is 0 Å². The lowest BCUT2D eigenvalue weighted by atomic mass is 10.1. The number of rotatable bonds is 1. The number of hydrogen-bond donors (Lipinski definition) is 1. The van der Waals surface area contributed by atoms with Gasteiger partial charge < -0.3 is 0 Å². The van der Waals surface area contributed by atoms with Gasteiger partial charge in [0.2, 0.25) is 0 Å². The summed E-state index contributed by atoms with van der Waals surface area (Å²) in [7, 11) is 0. The topological polar surface area (TPSA) is 28.7 Å². The monoisotopic (exact) mass is 210 g/mol. The van der Waals surface area contributed by atoms with Crippen molar-refractivity contribution < 1.29 is 4.39 Å². The summed E-state index contributed by atoms with van der Waals surface area (Å²) < 4.78 is 13.0. The van der Waals surface area contributed by atoms with Crippen molar-refractivity contribution in [3.8, 4) is 11.3 Å². The van der Waals surface area contributed by atoms with Gasteiger partial charge in [0, 0.05) is 16.3 Å². The third-order valence-electron chi connectivity index (χ3n) is 1.86. The third kappa shape index (κ3) is 1.77. The lowest BCUT2D eigenvalue weighted by Crippen LogP contribution is -1.81. The molecule has 4 heteroatoms. The fourth-order valence-electron chi connectivity index (χ4n) is 1.27. The van der Waals surface area contributed by atoms with Crippen LogP contribution in [0.4, 0.5) is 4.39 Å². The van der Waals surface area contributed by atoms with E-state index in [9.17, 15) is 4.39 Å². The molecule has 0 aliphatic carbocycles. The van der Waals surface area contributed by atoms with E-state index >= 15 is 0 Å². The van der Waals surface area contributed by atoms with Gasteiger partial charge in [-0.2, -0.15) is 5.10 Å². The number of halogens is 2. The highest BCUT2D eigenvalue weighted by Gasteiger charge is 2.04. The highest BCUT2D eigenvalue weighted by atomic mass is 35.5. The molecule has 1 aromatic heterocycles. The van der Waals surface area contributed by atoms with Crippen LogP contribution in [-0.4, -0.2) is 10.2 Å². The number of aryl methyl sites for hydroxylation is 1. The second-order valence-corrected chi connectivity index (χ2v) is 3.53. The van der Waals surface area contributed by atoms with E-state index in [2.05, 4.69) is 10.2 Å². The van der Waals surface area contributed by atoms with Gasteiger partial charge in [0.1, 0.15) is 5.82 Å². The molecule has 1 N–H and O–H groups in total. The Morgan fingerprint density at radius 2 is 2.07 bits per heavy atom. The van der Waals surface area contributed by atoms with Crippen molar-refractivity contribution >= 4 is 11.6 Å². The van der Waals surface area contributed by atoms with Gasteiger partial charge in [0.25, 0.3) is 0 Å². The first-order chi connectivity index (χ1) is 6.65. The average Bonchev–Trinajstić information content (AvgIpc) is 2.50. The van der Waals surface area contributed by atoms with Gasteiger partial charge >= 0.3 is 0 Å². The Bertz CT molecular complexity index is 445. The van der Waals surface area contributed by atoms with Crippen LogP contribution in [0.5, 0.6) is 0 Å². The minimum Gasteiger partial charge on any atom is -0.282 e. The Morgan fingerprint density at radius 1 is 1.29 bits per heavy atom. The third-order valence-corrected chi connectivity index (χ3v) is 2.08. The van der Waals surface area contributed by atoms with Crippen molar-refractivity contribution in [1.82, 2.24) is 10.2 Å². The first-order valence-electron chi connectivity index (χ1n) is 4.13. The summed E-state index contributed by atoms with van der Waals surface area (Å²) in [5.41, 5.74) is 2.31. The molecule has 2 nitrogen and oxygen atoms in total. The van der Waals surface area contributed by atoms with Crippen LogP contribution < -0.4 is 0 Å². The second kappa shape index (κ2) is 3.42. The number of nitrogens with zero attached hydrogens (tertiary/aromatic N) is 1. The maximum atomic E-state index is 13.0. The quantitative estimate of drug-likeness (QED) is 0.770. The van der Waals surface area contributed by atoms with E-state index in [1.54, 1.807) is 6.07 Å². The van der Waals surface area contributed by atoms with Crippen LogP contribution in [0.3, 0.4) is 0 Å². The molecule has 0 bridgehead atoms. The Morgan fingerprint density at radius 3 is 2.64 bits per heavy atom. The minimum absolute atomic E-state index is 0.354. The number of nitrogens with one attached hydrogen (secondary N) is 1. The minimum atomic E-state index is -0.354. The zero-order valence-corrected chi connectivity index (χ0v) is 8.27. The standard InChI is InChI=1S/C10H8ClFN2/c1-6-2-10(14-13-6)7-3-8(11)5-9(12)4-7/h2-5H,1H3,(H,13,14). The average molecular weight is 211 g/mol. The Labute approximate surface area is 85.7 Å². The molecule has 0 saturated carbocycles. The highest BCUT2D eigenvalue weighted by Crippen LogP contribution is 2.22. The zero-order valence-electron chi connectivity index (χ0n) is 7.51. The van der Waals surface area contributed by atoms with E-state index in [-0.39, 0.29) is 5.82 Å². The predicted molar refractivity (Wildman–Crippen MR) is 53.7 cm³/mol. The molecule has 72 valence electrons. The summed E-state index contributed by atoms with van der Waals surface area (Å²) >= 11 is 5.73. The molecule has 0 atom stereocenters. The van der Waals surface area contributed by atoms with Gasteiger partial charge in [-0.15, -0.1) is 0 Å². The first-order valence-corrected chi connectivity index (χ1v) is 4.51. The van der Waals surface area contributed by atoms with Crippen molar-refractivity contribution in [2.45, 2.75) is 6.92 Å². The smallest absolute Gasteiger partial charge is 0.125 e. The molecule has 0 spiro atoms. The molecule has 0 aliphatic heterocycles. The molecule has 2 rings (SSSR count). The molecule has 0 radical (unpaired) electrons. The van der Waals surface area contributed by atoms with E-state index in [0.29, 0.717) is 16.3 Å². The van der Waals surface area contributed by atoms with Crippen LogP contribution in [0, 0.1) is 12.7 Å². The Kier molecular flexibility index (Phi) is 2.25. The fraction of sp³-hybridized carbons (Fsp3) is 0.100. The molecule has 0 saturated heterocycles. The molecule has 14 heavy (non-hydrogen) atoms. The lowest BCUT2D eigenvalue weighted by Gasteiger charge is -1.97. The van der Waals surface area contributed by atoms with Gasteiger partial charge in [0.05, 0.1) is 5.69 Å². The van der Waals surface area contributed by atoms with E-state index in [0.717, 1.165) is 5.69 Å². The SMILES string of the molecule is Cc1cc(-c2cc(F)cc(Cl)c2)n[nH]1. The second-order valence-electron chi connectivity index (χ2n) is 3.09. The molecule has 2 aromatic rings. The zero-order chi connectivity index (χ0) is 10.1. The van der Waals surface area contributed by atoms with Crippen LogP contribution >= 0.6 is 11.6 Å². The van der Waals surface area contributed by atoms with Gasteiger partial charge in [-0.1, -0.05) is 11.6 Å². The summed E-state index contributed by atoms with van der Waals surface area (Å²) in [6.07, 6.45) is 0. The predicted octanol–water partition coefficient (Wildman–Crippen LogP) is 3.18. The van der Waals surface area contributed by atoms with E-state index in [1.807, 2.05) is 13.0 Å². The van der Waals surface area contributed by atoms with E-state index in [4.69, 9.17) is 11.6 Å². The highest BCUT2D eigenvalue weighted by molar-refractivity contribution is 6.30. The van der Waals surface area contributed by atoms with Gasteiger partial charge in [0.15, 0.2) is 0 Å². The van der Waals surface area contributed by atoms with Crippen LogP contribution in [-0.2, 0) is 0 Å². The molecular weight excluding hydrogens is 203 g/mol. The summed E-state index contributed by atoms with van der Waals surface area (Å²) in [6, 6.07) is 6.19. The number of hydrogen-bond acceptors (Lipinski definition) is 1. The fourth-order valence-corrected chi connectivity index (χ4v) is 1.49. The van der Waals surface area contributed by atoms with E-state index in [1.165, 1.54) is 12.1 Å². The largest absolute Gasteiger partial charge is 0.282 e. The van der Waals surface area contributed by atoms with Crippen molar-refractivity contribution in [3.63, 3.8) is 0 Å². The number of benzene rings is 1. The number of H-pyrrole nitrogens is 1. The number of aromatic amines is 1. The van der Waals surface area contributed by atoms with Gasteiger partial charge in [-0.3, -0.25) is 5.10 Å². The maximum absolute atomic E-state index is 13.0. The molecule has 0 fully saturated rings. The van der Waals surface area contributed by atoms with Crippen molar-refractivity contribution in [1.29, 1.82) is 0 Å². The summed E-state index contributed by atoms with van der Waals surface area (Å²) in [5.74, 6) is -0.354. The number of aromatic nitrogens is 2.